The normalized spacial score (nSPS) is 18.1. The smallest absolute Gasteiger partial charge is 0.391 e. The van der Waals surface area contributed by atoms with E-state index in [9.17, 15) is 35.6 Å². The average Bonchev–Trinajstić information content (AvgIpc) is 2.79. The standard InChI is InChI=1S/C22H28F4O8S/c1-14-8-10-17(11-9-14)33-20(28)21(19(23)24,34-18(27)16-6-4-3-5-7-16)32-13-12-15(2)22(25,26)35(29,30)31/h8-11,15-16,19H,3-7,12-13H2,1-2H3,(H,29,30,31). The fourth-order valence-electron chi connectivity index (χ4n) is 3.49. The molecule has 1 fully saturated rings. The van der Waals surface area contributed by atoms with Gasteiger partial charge < -0.3 is 14.2 Å². The van der Waals surface area contributed by atoms with Crippen LogP contribution in [-0.4, -0.2) is 49.0 Å². The molecule has 2 rings (SSSR count). The van der Waals surface area contributed by atoms with E-state index < -0.39 is 64.4 Å². The second-order valence-corrected chi connectivity index (χ2v) is 10.00. The van der Waals surface area contributed by atoms with Crippen molar-refractivity contribution >= 4 is 22.1 Å². The first-order valence-electron chi connectivity index (χ1n) is 11.0. The molecule has 1 saturated carbocycles. The highest BCUT2D eigenvalue weighted by atomic mass is 32.2. The van der Waals surface area contributed by atoms with E-state index in [4.69, 9.17) is 18.8 Å². The zero-order chi connectivity index (χ0) is 26.4. The lowest BCUT2D eigenvalue weighted by Gasteiger charge is -2.32. The number of carbonyl (C=O) groups is 2. The second kappa shape index (κ2) is 11.7. The summed E-state index contributed by atoms with van der Waals surface area (Å²) in [5.74, 6) is -9.49. The molecular weight excluding hydrogens is 500 g/mol. The lowest BCUT2D eigenvalue weighted by molar-refractivity contribution is -0.279. The van der Waals surface area contributed by atoms with Crippen molar-refractivity contribution in [3.05, 3.63) is 29.8 Å². The highest BCUT2D eigenvalue weighted by Crippen LogP contribution is 2.34. The van der Waals surface area contributed by atoms with Crippen molar-refractivity contribution in [2.75, 3.05) is 6.61 Å². The van der Waals surface area contributed by atoms with E-state index >= 15 is 0 Å². The number of aryl methyl sites for hydroxylation is 1. The van der Waals surface area contributed by atoms with E-state index in [0.717, 1.165) is 18.9 Å². The lowest BCUT2D eigenvalue weighted by Crippen LogP contribution is -2.55. The molecule has 0 spiro atoms. The Morgan fingerprint density at radius 2 is 1.69 bits per heavy atom. The summed E-state index contributed by atoms with van der Waals surface area (Å²) in [6, 6.07) is 5.67. The Balaban J connectivity index is 2.28. The van der Waals surface area contributed by atoms with Gasteiger partial charge in [0, 0.05) is 5.92 Å². The summed E-state index contributed by atoms with van der Waals surface area (Å²) in [5, 5.41) is -4.61. The molecule has 0 amide bonds. The third kappa shape index (κ3) is 7.14. The van der Waals surface area contributed by atoms with Crippen LogP contribution in [0, 0.1) is 18.8 Å². The van der Waals surface area contributed by atoms with Crippen LogP contribution in [0.5, 0.6) is 5.75 Å². The van der Waals surface area contributed by atoms with Crippen LogP contribution in [0.4, 0.5) is 17.6 Å². The number of carbonyl (C=O) groups excluding carboxylic acids is 2. The maximum absolute atomic E-state index is 14.3. The van der Waals surface area contributed by atoms with Crippen LogP contribution in [0.25, 0.3) is 0 Å². The van der Waals surface area contributed by atoms with Gasteiger partial charge in [0.15, 0.2) is 0 Å². The molecule has 8 nitrogen and oxygen atoms in total. The van der Waals surface area contributed by atoms with Gasteiger partial charge in [-0.2, -0.15) is 17.2 Å². The molecule has 198 valence electrons. The molecule has 1 N–H and O–H groups in total. The van der Waals surface area contributed by atoms with Crippen LogP contribution in [0.2, 0.25) is 0 Å². The monoisotopic (exact) mass is 528 g/mol. The summed E-state index contributed by atoms with van der Waals surface area (Å²) in [7, 11) is -5.79. The Labute approximate surface area is 200 Å². The van der Waals surface area contributed by atoms with Crippen LogP contribution in [0.1, 0.15) is 51.0 Å². The third-order valence-electron chi connectivity index (χ3n) is 5.78. The maximum atomic E-state index is 14.3. The highest BCUT2D eigenvalue weighted by Gasteiger charge is 2.56. The molecule has 1 aliphatic rings. The first-order valence-corrected chi connectivity index (χ1v) is 12.4. The molecule has 1 aromatic carbocycles. The first-order chi connectivity index (χ1) is 16.2. The Morgan fingerprint density at radius 3 is 2.20 bits per heavy atom. The molecule has 0 heterocycles. The van der Waals surface area contributed by atoms with E-state index in [0.29, 0.717) is 25.7 Å². The van der Waals surface area contributed by atoms with Crippen molar-refractivity contribution in [1.82, 2.24) is 0 Å². The summed E-state index contributed by atoms with van der Waals surface area (Å²) in [6.45, 7) is 1.42. The van der Waals surface area contributed by atoms with Crippen LogP contribution >= 0.6 is 0 Å². The second-order valence-electron chi connectivity index (χ2n) is 8.50. The van der Waals surface area contributed by atoms with Gasteiger partial charge in [-0.15, -0.1) is 0 Å². The van der Waals surface area contributed by atoms with Gasteiger partial charge in [0.05, 0.1) is 12.5 Å². The van der Waals surface area contributed by atoms with Gasteiger partial charge in [0.2, 0.25) is 0 Å². The molecule has 0 aromatic heterocycles. The molecular formula is C22H28F4O8S. The zero-order valence-electron chi connectivity index (χ0n) is 19.2. The number of rotatable bonds is 11. The van der Waals surface area contributed by atoms with E-state index in [1.54, 1.807) is 6.92 Å². The largest absolute Gasteiger partial charge is 0.422 e. The van der Waals surface area contributed by atoms with Gasteiger partial charge in [-0.05, 0) is 38.3 Å². The van der Waals surface area contributed by atoms with Crippen molar-refractivity contribution in [2.24, 2.45) is 11.8 Å². The predicted molar refractivity (Wildman–Crippen MR) is 114 cm³/mol. The average molecular weight is 529 g/mol. The van der Waals surface area contributed by atoms with Crippen molar-refractivity contribution < 1.29 is 54.3 Å². The lowest BCUT2D eigenvalue weighted by atomic mass is 9.89. The maximum Gasteiger partial charge on any atom is 0.391 e. The fraction of sp³-hybridized carbons (Fsp3) is 0.636. The first kappa shape index (κ1) is 29.0. The Kier molecular flexibility index (Phi) is 9.65. The summed E-state index contributed by atoms with van der Waals surface area (Å²) in [5.41, 5.74) is 0.777. The van der Waals surface area contributed by atoms with E-state index in [-0.39, 0.29) is 5.75 Å². The van der Waals surface area contributed by atoms with E-state index in [2.05, 4.69) is 0 Å². The summed E-state index contributed by atoms with van der Waals surface area (Å²) >= 11 is 0. The van der Waals surface area contributed by atoms with Gasteiger partial charge in [0.1, 0.15) is 5.75 Å². The number of hydrogen-bond acceptors (Lipinski definition) is 7. The number of benzene rings is 1. The number of hydrogen-bond donors (Lipinski definition) is 1. The zero-order valence-corrected chi connectivity index (χ0v) is 20.0. The van der Waals surface area contributed by atoms with Crippen molar-refractivity contribution in [3.63, 3.8) is 0 Å². The highest BCUT2D eigenvalue weighted by molar-refractivity contribution is 7.86. The van der Waals surface area contributed by atoms with Crippen LogP contribution < -0.4 is 4.74 Å². The Bertz CT molecular complexity index is 978. The number of alkyl halides is 4. The molecule has 0 bridgehead atoms. The summed E-state index contributed by atoms with van der Waals surface area (Å²) in [4.78, 5) is 25.5. The fourth-order valence-corrected chi connectivity index (χ4v) is 4.12. The van der Waals surface area contributed by atoms with Gasteiger partial charge >= 0.3 is 39.5 Å². The topological polar surface area (TPSA) is 116 Å². The summed E-state index contributed by atoms with van der Waals surface area (Å²) in [6.07, 6.45) is -1.82. The Morgan fingerprint density at radius 1 is 1.11 bits per heavy atom. The quantitative estimate of drug-likeness (QED) is 0.147. The minimum atomic E-state index is -5.79. The third-order valence-corrected chi connectivity index (χ3v) is 6.87. The SMILES string of the molecule is Cc1ccc(OC(=O)C(OCCC(C)C(F)(F)S(=O)(=O)O)(OC(=O)C2CCCCC2)C(F)F)cc1. The minimum Gasteiger partial charge on any atom is -0.422 e. The molecule has 2 unspecified atom stereocenters. The summed E-state index contributed by atoms with van der Waals surface area (Å²) < 4.78 is 101. The van der Waals surface area contributed by atoms with Crippen molar-refractivity contribution in [3.8, 4) is 5.75 Å². The minimum absolute atomic E-state index is 0.158. The molecule has 0 aliphatic heterocycles. The molecule has 1 aliphatic carbocycles. The Hall–Kier alpha value is -2.25. The molecule has 0 saturated heterocycles. The molecule has 1 aromatic rings. The van der Waals surface area contributed by atoms with Gasteiger partial charge in [0.25, 0.3) is 0 Å². The van der Waals surface area contributed by atoms with Crippen LogP contribution in [0.15, 0.2) is 24.3 Å². The van der Waals surface area contributed by atoms with E-state index in [1.165, 1.54) is 24.3 Å². The van der Waals surface area contributed by atoms with Gasteiger partial charge in [-0.1, -0.05) is 43.9 Å². The van der Waals surface area contributed by atoms with Crippen LogP contribution in [-0.2, 0) is 29.2 Å². The number of ether oxygens (including phenoxy) is 3. The molecule has 0 radical (unpaired) electrons. The van der Waals surface area contributed by atoms with Crippen LogP contribution in [0.3, 0.4) is 0 Å². The molecule has 2 atom stereocenters. The number of halogens is 4. The molecule has 13 heteroatoms. The van der Waals surface area contributed by atoms with E-state index in [1.807, 2.05) is 0 Å². The predicted octanol–water partition coefficient (Wildman–Crippen LogP) is 4.51. The molecule has 35 heavy (non-hydrogen) atoms. The number of esters is 2. The van der Waals surface area contributed by atoms with Gasteiger partial charge in [-0.3, -0.25) is 9.35 Å². The van der Waals surface area contributed by atoms with Crippen molar-refractivity contribution in [1.29, 1.82) is 0 Å². The van der Waals surface area contributed by atoms with Crippen molar-refractivity contribution in [2.45, 2.75) is 69.8 Å². The van der Waals surface area contributed by atoms with Gasteiger partial charge in [-0.25, -0.2) is 13.6 Å².